The van der Waals surface area contributed by atoms with Crippen molar-refractivity contribution in [2.45, 2.75) is 32.4 Å². The molecule has 0 unspecified atom stereocenters. The van der Waals surface area contributed by atoms with E-state index in [1.807, 2.05) is 43.3 Å². The molecule has 36 heavy (non-hydrogen) atoms. The molecule has 1 atom stereocenters. The summed E-state index contributed by atoms with van der Waals surface area (Å²) in [5, 5.41) is 3.24. The summed E-state index contributed by atoms with van der Waals surface area (Å²) in [7, 11) is 1.68. The van der Waals surface area contributed by atoms with E-state index in [1.54, 1.807) is 18.4 Å². The fourth-order valence-electron chi connectivity index (χ4n) is 4.70. The maximum atomic E-state index is 6.14. The third-order valence-corrected chi connectivity index (χ3v) is 7.44. The number of likely N-dealkylation sites (tertiary alicyclic amines) is 1. The van der Waals surface area contributed by atoms with Crippen LogP contribution in [0.5, 0.6) is 17.2 Å². The molecule has 1 fully saturated rings. The van der Waals surface area contributed by atoms with Gasteiger partial charge in [-0.05, 0) is 67.8 Å². The summed E-state index contributed by atoms with van der Waals surface area (Å²) in [5.74, 6) is 2.47. The van der Waals surface area contributed by atoms with Crippen molar-refractivity contribution in [3.05, 3.63) is 83.9 Å². The Morgan fingerprint density at radius 2 is 1.69 bits per heavy atom. The molecule has 5 nitrogen and oxygen atoms in total. The van der Waals surface area contributed by atoms with Crippen LogP contribution in [0, 0.1) is 0 Å². The fraction of sp³-hybridized carbons (Fsp3) is 0.300. The van der Waals surface area contributed by atoms with Gasteiger partial charge in [0.25, 0.3) is 0 Å². The Morgan fingerprint density at radius 1 is 0.917 bits per heavy atom. The summed E-state index contributed by atoms with van der Waals surface area (Å²) in [6.07, 6.45) is 2.31. The topological polar surface area (TPSA) is 43.8 Å². The molecule has 5 rings (SSSR count). The van der Waals surface area contributed by atoms with Gasteiger partial charge in [-0.1, -0.05) is 42.5 Å². The van der Waals surface area contributed by atoms with Crippen LogP contribution in [-0.2, 0) is 6.54 Å². The highest BCUT2D eigenvalue weighted by molar-refractivity contribution is 7.13. The molecule has 0 saturated carbocycles. The molecule has 1 aliphatic rings. The average molecular weight is 501 g/mol. The monoisotopic (exact) mass is 500 g/mol. The van der Waals surface area contributed by atoms with Crippen LogP contribution in [0.4, 0.5) is 0 Å². The van der Waals surface area contributed by atoms with Crippen molar-refractivity contribution in [1.29, 1.82) is 0 Å². The summed E-state index contributed by atoms with van der Waals surface area (Å²) in [6, 6.07) is 25.1. The number of thiazole rings is 1. The van der Waals surface area contributed by atoms with Crippen LogP contribution in [0.1, 0.15) is 25.5 Å². The molecule has 0 spiro atoms. The maximum absolute atomic E-state index is 6.14. The Labute approximate surface area is 217 Å². The first kappa shape index (κ1) is 24.3. The normalized spacial score (nSPS) is 15.7. The van der Waals surface area contributed by atoms with Crippen molar-refractivity contribution >= 4 is 11.3 Å². The number of nitrogens with zero attached hydrogens (tertiary/aromatic N) is 2. The second-order valence-electron chi connectivity index (χ2n) is 8.91. The van der Waals surface area contributed by atoms with Gasteiger partial charge >= 0.3 is 0 Å². The average Bonchev–Trinajstić information content (AvgIpc) is 3.58. The highest BCUT2D eigenvalue weighted by atomic mass is 32.1. The molecule has 0 N–H and O–H groups in total. The third kappa shape index (κ3) is 5.72. The molecule has 0 radical (unpaired) electrons. The molecule has 1 saturated heterocycles. The van der Waals surface area contributed by atoms with Crippen molar-refractivity contribution in [3.63, 3.8) is 0 Å². The number of aromatic nitrogens is 1. The minimum Gasteiger partial charge on any atom is -0.494 e. The number of rotatable bonds is 10. The summed E-state index contributed by atoms with van der Waals surface area (Å²) >= 11 is 1.71. The van der Waals surface area contributed by atoms with Crippen molar-refractivity contribution in [1.82, 2.24) is 9.88 Å². The third-order valence-electron chi connectivity index (χ3n) is 6.50. The molecule has 186 valence electrons. The van der Waals surface area contributed by atoms with Gasteiger partial charge in [0, 0.05) is 23.5 Å². The minimum absolute atomic E-state index is 0.376. The standard InChI is InChI=1S/C30H32N2O3S/c1-3-34-27-13-7-10-23(18-27)22-9-6-11-24(17-22)30-31-25(21-36-30)19-32-16-8-12-26(32)20-35-29-15-5-4-14-28(29)33-2/h4-7,9-11,13-15,17-18,21,26H,3,8,12,16,19-20H2,1-2H3/t26-/m1/s1. The molecule has 2 heterocycles. The quantitative estimate of drug-likeness (QED) is 0.236. The van der Waals surface area contributed by atoms with Gasteiger partial charge in [-0.15, -0.1) is 11.3 Å². The number of para-hydroxylation sites is 2. The zero-order chi connectivity index (χ0) is 24.7. The molecule has 1 aliphatic heterocycles. The van der Waals surface area contributed by atoms with Crippen LogP contribution in [-0.4, -0.2) is 42.8 Å². The largest absolute Gasteiger partial charge is 0.494 e. The van der Waals surface area contributed by atoms with E-state index < -0.39 is 0 Å². The van der Waals surface area contributed by atoms with Crippen LogP contribution in [0.25, 0.3) is 21.7 Å². The molecule has 1 aromatic heterocycles. The first-order valence-electron chi connectivity index (χ1n) is 12.5. The van der Waals surface area contributed by atoms with E-state index in [0.29, 0.717) is 19.3 Å². The van der Waals surface area contributed by atoms with Gasteiger partial charge < -0.3 is 14.2 Å². The van der Waals surface area contributed by atoms with Crippen LogP contribution in [0.15, 0.2) is 78.2 Å². The second kappa shape index (κ2) is 11.6. The van der Waals surface area contributed by atoms with Crippen molar-refractivity contribution in [2.24, 2.45) is 0 Å². The van der Waals surface area contributed by atoms with Crippen LogP contribution >= 0.6 is 11.3 Å². The van der Waals surface area contributed by atoms with Crippen LogP contribution in [0.3, 0.4) is 0 Å². The Bertz CT molecular complexity index is 1290. The van der Waals surface area contributed by atoms with E-state index >= 15 is 0 Å². The van der Waals surface area contributed by atoms with Crippen LogP contribution in [0.2, 0.25) is 0 Å². The van der Waals surface area contributed by atoms with Gasteiger partial charge in [-0.25, -0.2) is 4.98 Å². The Morgan fingerprint density at radius 3 is 2.53 bits per heavy atom. The SMILES string of the molecule is CCOc1cccc(-c2cccc(-c3nc(CN4CCC[C@@H]4COc4ccccc4OC)cs3)c2)c1. The summed E-state index contributed by atoms with van der Waals surface area (Å²) < 4.78 is 17.2. The van der Waals surface area contributed by atoms with Crippen molar-refractivity contribution in [2.75, 3.05) is 26.9 Å². The number of benzene rings is 3. The maximum Gasteiger partial charge on any atom is 0.161 e. The van der Waals surface area contributed by atoms with Gasteiger partial charge in [0.05, 0.1) is 19.4 Å². The summed E-state index contributed by atoms with van der Waals surface area (Å²) in [4.78, 5) is 7.49. The van der Waals surface area contributed by atoms with E-state index in [9.17, 15) is 0 Å². The first-order chi connectivity index (χ1) is 17.7. The number of hydrogen-bond donors (Lipinski definition) is 0. The van der Waals surface area contributed by atoms with E-state index in [-0.39, 0.29) is 0 Å². The Balaban J connectivity index is 1.25. The lowest BCUT2D eigenvalue weighted by molar-refractivity contribution is 0.163. The summed E-state index contributed by atoms with van der Waals surface area (Å²) in [6.45, 7) is 5.23. The molecule has 6 heteroatoms. The molecule has 0 amide bonds. The number of hydrogen-bond acceptors (Lipinski definition) is 6. The van der Waals surface area contributed by atoms with E-state index in [1.165, 1.54) is 12.0 Å². The zero-order valence-electron chi connectivity index (χ0n) is 20.9. The molecule has 0 bridgehead atoms. The lowest BCUT2D eigenvalue weighted by Gasteiger charge is -2.24. The lowest BCUT2D eigenvalue weighted by Crippen LogP contribution is -2.33. The van der Waals surface area contributed by atoms with Gasteiger partial charge in [0.15, 0.2) is 11.5 Å². The van der Waals surface area contributed by atoms with E-state index in [0.717, 1.165) is 58.6 Å². The van der Waals surface area contributed by atoms with Gasteiger partial charge in [-0.2, -0.15) is 0 Å². The highest BCUT2D eigenvalue weighted by Gasteiger charge is 2.26. The van der Waals surface area contributed by atoms with Gasteiger partial charge in [0.1, 0.15) is 17.4 Å². The predicted molar refractivity (Wildman–Crippen MR) is 146 cm³/mol. The lowest BCUT2D eigenvalue weighted by atomic mass is 10.0. The van der Waals surface area contributed by atoms with Gasteiger partial charge in [0.2, 0.25) is 0 Å². The molecular formula is C30H32N2O3S. The minimum atomic E-state index is 0.376. The summed E-state index contributed by atoms with van der Waals surface area (Å²) in [5.41, 5.74) is 4.57. The van der Waals surface area contributed by atoms with Gasteiger partial charge in [-0.3, -0.25) is 4.90 Å². The molecule has 0 aliphatic carbocycles. The van der Waals surface area contributed by atoms with Crippen LogP contribution < -0.4 is 14.2 Å². The van der Waals surface area contributed by atoms with Crippen molar-refractivity contribution in [3.8, 4) is 38.9 Å². The first-order valence-corrected chi connectivity index (χ1v) is 13.4. The number of methoxy groups -OCH3 is 1. The smallest absolute Gasteiger partial charge is 0.161 e. The van der Waals surface area contributed by atoms with Crippen molar-refractivity contribution < 1.29 is 14.2 Å². The highest BCUT2D eigenvalue weighted by Crippen LogP contribution is 2.32. The van der Waals surface area contributed by atoms with E-state index in [2.05, 4.69) is 46.7 Å². The number of ether oxygens (including phenoxy) is 3. The molecular weight excluding hydrogens is 468 g/mol. The zero-order valence-corrected chi connectivity index (χ0v) is 21.7. The fourth-order valence-corrected chi connectivity index (χ4v) is 5.51. The van der Waals surface area contributed by atoms with E-state index in [4.69, 9.17) is 19.2 Å². The second-order valence-corrected chi connectivity index (χ2v) is 9.77. The molecule has 4 aromatic rings. The predicted octanol–water partition coefficient (Wildman–Crippen LogP) is 6.93. The molecule has 3 aromatic carbocycles. The Hall–Kier alpha value is -3.35. The Kier molecular flexibility index (Phi) is 7.84.